The quantitative estimate of drug-likeness (QED) is 0.523. The summed E-state index contributed by atoms with van der Waals surface area (Å²) in [5.74, 6) is -5.39. The first kappa shape index (κ1) is 20.6. The van der Waals surface area contributed by atoms with Crippen molar-refractivity contribution in [3.05, 3.63) is 41.0 Å². The van der Waals surface area contributed by atoms with Gasteiger partial charge in [-0.1, -0.05) is 6.92 Å². The van der Waals surface area contributed by atoms with E-state index in [0.29, 0.717) is 10.5 Å². The number of rotatable bonds is 4. The predicted molar refractivity (Wildman–Crippen MR) is 91.6 cm³/mol. The van der Waals surface area contributed by atoms with Crippen LogP contribution >= 0.6 is 15.9 Å². The van der Waals surface area contributed by atoms with E-state index in [1.807, 2.05) is 0 Å². The number of fused-ring (bicyclic) bond motifs is 1. The van der Waals surface area contributed by atoms with E-state index in [2.05, 4.69) is 30.9 Å². The van der Waals surface area contributed by atoms with Gasteiger partial charge in [0.1, 0.15) is 29.1 Å². The first-order valence-corrected chi connectivity index (χ1v) is 10.00. The minimum absolute atomic E-state index is 0.0196. The van der Waals surface area contributed by atoms with Gasteiger partial charge in [-0.05, 0) is 22.0 Å². The molecular weight excluding hydrogens is 475 g/mol. The minimum Gasteiger partial charge on any atom is -0.290 e. The third-order valence-electron chi connectivity index (χ3n) is 3.80. The number of hydrogen-bond acceptors (Lipinski definition) is 5. The van der Waals surface area contributed by atoms with Crippen molar-refractivity contribution in [2.75, 3.05) is 5.75 Å². The molecule has 0 atom stereocenters. The van der Waals surface area contributed by atoms with Crippen LogP contribution in [0.4, 0.5) is 22.0 Å². The van der Waals surface area contributed by atoms with Crippen LogP contribution in [0.25, 0.3) is 17.0 Å². The molecule has 28 heavy (non-hydrogen) atoms. The Hall–Kier alpha value is -2.15. The van der Waals surface area contributed by atoms with Crippen LogP contribution in [0.1, 0.15) is 12.6 Å². The van der Waals surface area contributed by atoms with Crippen LogP contribution in [-0.4, -0.2) is 39.7 Å². The highest BCUT2D eigenvalue weighted by molar-refractivity contribution is 9.10. The maximum Gasteiger partial charge on any atom is 0.459 e. The largest absolute Gasteiger partial charge is 0.459 e. The van der Waals surface area contributed by atoms with E-state index < -0.39 is 27.6 Å². The van der Waals surface area contributed by atoms with Crippen molar-refractivity contribution in [3.63, 3.8) is 0 Å². The van der Waals surface area contributed by atoms with Gasteiger partial charge in [0.25, 0.3) is 0 Å². The number of nitrogens with zero attached hydrogens (tertiary/aromatic N) is 4. The van der Waals surface area contributed by atoms with E-state index in [-0.39, 0.29) is 27.7 Å². The lowest BCUT2D eigenvalue weighted by molar-refractivity contribution is -0.290. The molecule has 0 N–H and O–H groups in total. The fraction of sp³-hybridized carbons (Fsp3) is 0.267. The van der Waals surface area contributed by atoms with Gasteiger partial charge in [-0.25, -0.2) is 18.4 Å². The maximum atomic E-state index is 13.5. The molecule has 0 aliphatic rings. The lowest BCUT2D eigenvalue weighted by atomic mass is 10.2. The second-order valence-corrected chi connectivity index (χ2v) is 8.80. The van der Waals surface area contributed by atoms with Crippen LogP contribution in [0.3, 0.4) is 0 Å². The van der Waals surface area contributed by atoms with E-state index in [4.69, 9.17) is 0 Å². The fourth-order valence-corrected chi connectivity index (χ4v) is 3.88. The number of imidazole rings is 1. The molecule has 3 heterocycles. The summed E-state index contributed by atoms with van der Waals surface area (Å²) in [7, 11) is -3.71. The second-order valence-electron chi connectivity index (χ2n) is 5.64. The van der Waals surface area contributed by atoms with Crippen molar-refractivity contribution in [3.8, 4) is 11.4 Å². The molecule has 0 saturated heterocycles. The molecular formula is C15H10BrF5N4O2S. The van der Waals surface area contributed by atoms with Crippen LogP contribution in [0.15, 0.2) is 40.2 Å². The van der Waals surface area contributed by atoms with E-state index in [1.54, 1.807) is 0 Å². The summed E-state index contributed by atoms with van der Waals surface area (Å²) < 4.78 is 90.8. The number of pyridine rings is 1. The Bertz CT molecular complexity index is 1160. The number of halogens is 6. The Kier molecular flexibility index (Phi) is 4.94. The summed E-state index contributed by atoms with van der Waals surface area (Å²) in [6, 6.07) is 1.80. The van der Waals surface area contributed by atoms with Crippen molar-refractivity contribution < 1.29 is 30.4 Å². The molecule has 3 aromatic rings. The zero-order valence-electron chi connectivity index (χ0n) is 13.9. The second kappa shape index (κ2) is 6.72. The topological polar surface area (TPSA) is 77.2 Å². The van der Waals surface area contributed by atoms with Crippen LogP contribution in [0, 0.1) is 0 Å². The molecule has 3 aromatic heterocycles. The van der Waals surface area contributed by atoms with Gasteiger partial charge in [0.2, 0.25) is 0 Å². The summed E-state index contributed by atoms with van der Waals surface area (Å²) in [6.45, 7) is 1.43. The van der Waals surface area contributed by atoms with Crippen molar-refractivity contribution in [1.82, 2.24) is 19.4 Å². The van der Waals surface area contributed by atoms with Crippen LogP contribution < -0.4 is 0 Å². The number of sulfone groups is 1. The zero-order chi connectivity index (χ0) is 20.9. The molecule has 13 heteroatoms. The van der Waals surface area contributed by atoms with E-state index >= 15 is 0 Å². The number of aromatic nitrogens is 4. The van der Waals surface area contributed by atoms with Gasteiger partial charge < -0.3 is 0 Å². The summed E-state index contributed by atoms with van der Waals surface area (Å²) >= 11 is 3.12. The Morgan fingerprint density at radius 3 is 2.43 bits per heavy atom. The van der Waals surface area contributed by atoms with E-state index in [1.165, 1.54) is 25.4 Å². The van der Waals surface area contributed by atoms with Gasteiger partial charge in [0.05, 0.1) is 10.6 Å². The molecule has 0 bridgehead atoms. The molecule has 0 aliphatic carbocycles. The van der Waals surface area contributed by atoms with Crippen LogP contribution in [0.2, 0.25) is 0 Å². The molecule has 0 aliphatic heterocycles. The van der Waals surface area contributed by atoms with Gasteiger partial charge in [-0.3, -0.25) is 9.38 Å². The molecule has 0 saturated carbocycles. The summed E-state index contributed by atoms with van der Waals surface area (Å²) in [5, 5.41) is 0. The monoisotopic (exact) mass is 484 g/mol. The number of hydrogen-bond donors (Lipinski definition) is 0. The highest BCUT2D eigenvalue weighted by atomic mass is 79.9. The average Bonchev–Trinajstić information content (AvgIpc) is 3.03. The van der Waals surface area contributed by atoms with Gasteiger partial charge in [0, 0.05) is 22.9 Å². The first-order valence-electron chi connectivity index (χ1n) is 7.55. The maximum absolute atomic E-state index is 13.5. The molecule has 0 spiro atoms. The van der Waals surface area contributed by atoms with Gasteiger partial charge in [0.15, 0.2) is 9.84 Å². The Morgan fingerprint density at radius 2 is 1.82 bits per heavy atom. The summed E-state index contributed by atoms with van der Waals surface area (Å²) in [6.07, 6.45) is -2.52. The van der Waals surface area contributed by atoms with Crippen molar-refractivity contribution in [2.45, 2.75) is 23.9 Å². The molecule has 3 rings (SSSR count). The van der Waals surface area contributed by atoms with E-state index in [9.17, 15) is 30.4 Å². The van der Waals surface area contributed by atoms with Gasteiger partial charge in [-0.2, -0.15) is 22.0 Å². The summed E-state index contributed by atoms with van der Waals surface area (Å²) in [4.78, 5) is 11.0. The minimum atomic E-state index is -5.82. The molecule has 0 amide bonds. The standard InChI is InChI=1S/C15H10BrF5N4O2S/c1-2-28(26,27)10-3-8(16)5-22-13(10)9-6-25-7-23-11(4-12(25)24-9)14(17,18)15(19,20)21/h3-7H,2H2,1H3. The average molecular weight is 485 g/mol. The smallest absolute Gasteiger partial charge is 0.290 e. The molecule has 0 unspecified atom stereocenters. The molecule has 6 nitrogen and oxygen atoms in total. The Labute approximate surface area is 163 Å². The molecule has 0 aromatic carbocycles. The van der Waals surface area contributed by atoms with Crippen LogP contribution in [-0.2, 0) is 15.8 Å². The SMILES string of the molecule is CCS(=O)(=O)c1cc(Br)cnc1-c1cn2cnc(C(F)(F)C(F)(F)F)cc2n1. The third-order valence-corrected chi connectivity index (χ3v) is 5.98. The van der Waals surface area contributed by atoms with Crippen LogP contribution in [0.5, 0.6) is 0 Å². The lowest BCUT2D eigenvalue weighted by Gasteiger charge is -2.18. The fourth-order valence-electron chi connectivity index (χ4n) is 2.33. The zero-order valence-corrected chi connectivity index (χ0v) is 16.3. The van der Waals surface area contributed by atoms with Gasteiger partial charge >= 0.3 is 12.1 Å². The highest BCUT2D eigenvalue weighted by Crippen LogP contribution is 2.43. The summed E-state index contributed by atoms with van der Waals surface area (Å²) in [5.41, 5.74) is -1.87. The number of alkyl halides is 5. The van der Waals surface area contributed by atoms with Crippen molar-refractivity contribution in [2.24, 2.45) is 0 Å². The molecule has 0 radical (unpaired) electrons. The molecule has 0 fully saturated rings. The highest BCUT2D eigenvalue weighted by Gasteiger charge is 2.60. The lowest BCUT2D eigenvalue weighted by Crippen LogP contribution is -2.34. The predicted octanol–water partition coefficient (Wildman–Crippen LogP) is 4.00. The Balaban J connectivity index is 2.18. The van der Waals surface area contributed by atoms with Gasteiger partial charge in [-0.15, -0.1) is 0 Å². The third kappa shape index (κ3) is 3.48. The first-order chi connectivity index (χ1) is 12.9. The Morgan fingerprint density at radius 1 is 1.14 bits per heavy atom. The normalized spacial score (nSPS) is 13.2. The van der Waals surface area contributed by atoms with E-state index in [0.717, 1.165) is 10.7 Å². The van der Waals surface area contributed by atoms with Crippen molar-refractivity contribution >= 4 is 31.4 Å². The molecule has 150 valence electrons. The van der Waals surface area contributed by atoms with Crippen molar-refractivity contribution in [1.29, 1.82) is 0 Å².